The quantitative estimate of drug-likeness (QED) is 0.612. The number of aromatic amines is 1. The smallest absolute Gasteiger partial charge is 0.166 e. The lowest BCUT2D eigenvalue weighted by atomic mass is 9.99. The van der Waals surface area contributed by atoms with Crippen molar-refractivity contribution in [3.63, 3.8) is 0 Å². The average Bonchev–Trinajstić information content (AvgIpc) is 2.96. The molecule has 1 heterocycles. The predicted molar refractivity (Wildman–Crippen MR) is 101 cm³/mol. The summed E-state index contributed by atoms with van der Waals surface area (Å²) in [4.78, 5) is 7.57. The molecule has 2 aromatic rings. The van der Waals surface area contributed by atoms with Crippen LogP contribution >= 0.6 is 35.0 Å². The van der Waals surface area contributed by atoms with E-state index in [0.29, 0.717) is 33.1 Å². The first-order chi connectivity index (χ1) is 11.9. The van der Waals surface area contributed by atoms with Gasteiger partial charge in [-0.15, -0.1) is 0 Å². The molecule has 0 saturated carbocycles. The first-order valence-electron chi connectivity index (χ1n) is 7.80. The van der Waals surface area contributed by atoms with Crippen molar-refractivity contribution in [1.29, 1.82) is 0 Å². The number of allylic oxidation sites excluding steroid dienone is 4. The summed E-state index contributed by atoms with van der Waals surface area (Å²) in [7, 11) is 0. The zero-order valence-corrected chi connectivity index (χ0v) is 15.8. The molecule has 0 saturated heterocycles. The highest BCUT2D eigenvalue weighted by atomic mass is 35.5. The molecule has 1 aromatic carbocycles. The average molecular weight is 401 g/mol. The number of thioether (sulfide) groups is 1. The predicted octanol–water partition coefficient (Wildman–Crippen LogP) is 4.70. The molecular formula is C17H18Cl2N2O3S. The number of hydrogen-bond acceptors (Lipinski definition) is 5. The Morgan fingerprint density at radius 2 is 2.12 bits per heavy atom. The summed E-state index contributed by atoms with van der Waals surface area (Å²) in [6, 6.07) is 3.44. The molecule has 8 heteroatoms. The molecule has 0 amide bonds. The van der Waals surface area contributed by atoms with Gasteiger partial charge in [0.1, 0.15) is 6.61 Å². The Balaban J connectivity index is 1.51. The van der Waals surface area contributed by atoms with Crippen LogP contribution in [-0.4, -0.2) is 38.6 Å². The highest BCUT2D eigenvalue weighted by Crippen LogP contribution is 2.29. The van der Waals surface area contributed by atoms with Gasteiger partial charge in [-0.1, -0.05) is 41.9 Å². The molecule has 25 heavy (non-hydrogen) atoms. The van der Waals surface area contributed by atoms with Gasteiger partial charge in [-0.3, -0.25) is 0 Å². The number of aromatic nitrogens is 2. The lowest BCUT2D eigenvalue weighted by Crippen LogP contribution is -2.19. The molecule has 0 spiro atoms. The van der Waals surface area contributed by atoms with Crippen LogP contribution in [0.1, 0.15) is 13.3 Å². The Labute approximate surface area is 159 Å². The largest absolute Gasteiger partial charge is 0.512 e. The maximum Gasteiger partial charge on any atom is 0.166 e. The molecule has 1 unspecified atom stereocenters. The van der Waals surface area contributed by atoms with Crippen LogP contribution in [0.5, 0.6) is 0 Å². The number of H-pyrrole nitrogens is 1. The van der Waals surface area contributed by atoms with E-state index in [0.717, 1.165) is 16.8 Å². The molecule has 0 radical (unpaired) electrons. The van der Waals surface area contributed by atoms with Crippen LogP contribution in [0.25, 0.3) is 11.0 Å². The molecule has 5 nitrogen and oxygen atoms in total. The van der Waals surface area contributed by atoms with Crippen LogP contribution in [0.4, 0.5) is 0 Å². The van der Waals surface area contributed by atoms with Gasteiger partial charge in [-0.2, -0.15) is 0 Å². The maximum atomic E-state index is 10.1. The second-order valence-corrected chi connectivity index (χ2v) is 7.75. The van der Waals surface area contributed by atoms with Crippen LogP contribution in [0.2, 0.25) is 10.0 Å². The van der Waals surface area contributed by atoms with Gasteiger partial charge in [-0.05, 0) is 24.3 Å². The Hall–Kier alpha value is -1.34. The number of ether oxygens (including phenoxy) is 1. The summed E-state index contributed by atoms with van der Waals surface area (Å²) in [6.45, 7) is 2.12. The normalized spacial score (nSPS) is 18.8. The van der Waals surface area contributed by atoms with Crippen LogP contribution in [0.3, 0.4) is 0 Å². The molecule has 2 atom stereocenters. The number of halogens is 2. The first kappa shape index (κ1) is 18.5. The van der Waals surface area contributed by atoms with E-state index in [4.69, 9.17) is 27.9 Å². The lowest BCUT2D eigenvalue weighted by molar-refractivity contribution is 0.0793. The summed E-state index contributed by atoms with van der Waals surface area (Å²) in [6.07, 6.45) is 3.37. The van der Waals surface area contributed by atoms with Gasteiger partial charge in [-0.25, -0.2) is 4.98 Å². The first-order valence-corrected chi connectivity index (χ1v) is 9.54. The highest BCUT2D eigenvalue weighted by Gasteiger charge is 2.16. The molecule has 1 aliphatic carbocycles. The molecule has 3 rings (SSSR count). The SMILES string of the molecule is CC1CC(OC[C@@H](O)CSc2nc3cc(Cl)c(Cl)cc3[nH]2)=CC=C1O. The summed E-state index contributed by atoms with van der Waals surface area (Å²) >= 11 is 13.4. The van der Waals surface area contributed by atoms with E-state index >= 15 is 0 Å². The minimum atomic E-state index is -0.638. The standard InChI is InChI=1S/C17H18Cl2N2O3S/c1-9-4-11(2-3-16(9)23)24-7-10(22)8-25-17-20-14-5-12(18)13(19)6-15(14)21-17/h2-3,5-6,9-10,22-23H,4,7-8H2,1H3,(H,20,21)/t9?,10-/m1/s1. The fourth-order valence-electron chi connectivity index (χ4n) is 2.40. The Bertz CT molecular complexity index is 796. The molecule has 134 valence electrons. The molecule has 3 N–H and O–H groups in total. The summed E-state index contributed by atoms with van der Waals surface area (Å²) in [5.41, 5.74) is 1.53. The van der Waals surface area contributed by atoms with Crippen molar-refractivity contribution in [2.75, 3.05) is 12.4 Å². The number of rotatable bonds is 6. The second kappa shape index (κ2) is 7.91. The number of aliphatic hydroxyl groups excluding tert-OH is 2. The molecule has 0 fully saturated rings. The monoisotopic (exact) mass is 400 g/mol. The second-order valence-electron chi connectivity index (χ2n) is 5.93. The number of nitrogens with zero attached hydrogens (tertiary/aromatic N) is 1. The minimum Gasteiger partial charge on any atom is -0.512 e. The Kier molecular flexibility index (Phi) is 5.84. The van der Waals surface area contributed by atoms with E-state index in [1.807, 2.05) is 6.92 Å². The van der Waals surface area contributed by atoms with E-state index in [9.17, 15) is 10.2 Å². The van der Waals surface area contributed by atoms with Crippen molar-refractivity contribution < 1.29 is 14.9 Å². The molecule has 0 aliphatic heterocycles. The number of aliphatic hydroxyl groups is 2. The number of benzene rings is 1. The fraction of sp³-hybridized carbons (Fsp3) is 0.353. The van der Waals surface area contributed by atoms with Crippen LogP contribution < -0.4 is 0 Å². The number of imidazole rings is 1. The Morgan fingerprint density at radius 3 is 2.88 bits per heavy atom. The third-order valence-corrected chi connectivity index (χ3v) is 5.57. The van der Waals surface area contributed by atoms with Gasteiger partial charge < -0.3 is 19.9 Å². The Morgan fingerprint density at radius 1 is 1.36 bits per heavy atom. The van der Waals surface area contributed by atoms with Crippen molar-refractivity contribution in [2.45, 2.75) is 24.6 Å². The van der Waals surface area contributed by atoms with E-state index in [2.05, 4.69) is 9.97 Å². The third kappa shape index (κ3) is 4.64. The zero-order valence-electron chi connectivity index (χ0n) is 13.5. The van der Waals surface area contributed by atoms with Gasteiger partial charge >= 0.3 is 0 Å². The lowest BCUT2D eigenvalue weighted by Gasteiger charge is -2.19. The highest BCUT2D eigenvalue weighted by molar-refractivity contribution is 7.99. The van der Waals surface area contributed by atoms with E-state index < -0.39 is 6.10 Å². The van der Waals surface area contributed by atoms with Gasteiger partial charge in [0.05, 0.1) is 38.7 Å². The van der Waals surface area contributed by atoms with Crippen molar-refractivity contribution in [3.8, 4) is 0 Å². The molecule has 1 aliphatic rings. The zero-order chi connectivity index (χ0) is 18.0. The van der Waals surface area contributed by atoms with Gasteiger partial charge in [0.25, 0.3) is 0 Å². The van der Waals surface area contributed by atoms with E-state index in [-0.39, 0.29) is 12.5 Å². The topological polar surface area (TPSA) is 78.4 Å². The van der Waals surface area contributed by atoms with Crippen LogP contribution in [-0.2, 0) is 4.74 Å². The summed E-state index contributed by atoms with van der Waals surface area (Å²) in [5.74, 6) is 1.60. The summed E-state index contributed by atoms with van der Waals surface area (Å²) in [5, 5.41) is 21.3. The van der Waals surface area contributed by atoms with Crippen molar-refractivity contribution >= 4 is 46.0 Å². The van der Waals surface area contributed by atoms with Crippen LogP contribution in [0, 0.1) is 5.92 Å². The summed E-state index contributed by atoms with van der Waals surface area (Å²) < 4.78 is 5.62. The fourth-order valence-corrected chi connectivity index (χ4v) is 3.51. The van der Waals surface area contributed by atoms with Gasteiger partial charge in [0.2, 0.25) is 0 Å². The van der Waals surface area contributed by atoms with Crippen molar-refractivity contribution in [2.24, 2.45) is 5.92 Å². The van der Waals surface area contributed by atoms with Gasteiger partial charge in [0.15, 0.2) is 5.16 Å². The van der Waals surface area contributed by atoms with E-state index in [1.54, 1.807) is 24.3 Å². The molecule has 0 bridgehead atoms. The van der Waals surface area contributed by atoms with Crippen molar-refractivity contribution in [1.82, 2.24) is 9.97 Å². The molecule has 1 aromatic heterocycles. The van der Waals surface area contributed by atoms with Crippen molar-refractivity contribution in [3.05, 3.63) is 45.8 Å². The molecular weight excluding hydrogens is 383 g/mol. The number of nitrogens with one attached hydrogen (secondary N) is 1. The number of fused-ring (bicyclic) bond motifs is 1. The van der Waals surface area contributed by atoms with Crippen LogP contribution in [0.15, 0.2) is 41.0 Å². The van der Waals surface area contributed by atoms with E-state index in [1.165, 1.54) is 11.8 Å². The number of hydrogen-bond donors (Lipinski definition) is 3. The third-order valence-electron chi connectivity index (χ3n) is 3.83. The minimum absolute atomic E-state index is 0.0423. The van der Waals surface area contributed by atoms with Gasteiger partial charge in [0, 0.05) is 18.1 Å². The maximum absolute atomic E-state index is 10.1.